The molecular weight excluding hydrogens is 138 g/mol. The molecule has 0 aromatic rings. The summed E-state index contributed by atoms with van der Waals surface area (Å²) < 4.78 is 0. The molecule has 2 nitrogen and oxygen atoms in total. The smallest absolute Gasteiger partial charge is 0.157 e. The average Bonchev–Trinajstić information content (AvgIpc) is 1.94. The number of likely N-dealkylation sites (N-methyl/N-ethyl adjacent to an activating group) is 1. The standard InChI is InChI=1S/C9H15NO/c1-7-9(8(2)11)5-4-6-10(7)3/h5,7H,4,6H2,1-3H3. The minimum absolute atomic E-state index is 0.212. The first kappa shape index (κ1) is 8.47. The van der Waals surface area contributed by atoms with Crippen LogP contribution in [0.1, 0.15) is 20.3 Å². The molecule has 62 valence electrons. The van der Waals surface area contributed by atoms with E-state index in [-0.39, 0.29) is 5.78 Å². The third-order valence-corrected chi connectivity index (χ3v) is 2.36. The summed E-state index contributed by atoms with van der Waals surface area (Å²) in [5, 5.41) is 0. The van der Waals surface area contributed by atoms with Crippen molar-refractivity contribution in [3.63, 3.8) is 0 Å². The Hall–Kier alpha value is -0.630. The van der Waals surface area contributed by atoms with Crippen molar-refractivity contribution >= 4 is 5.78 Å². The number of hydrogen-bond donors (Lipinski definition) is 0. The maximum atomic E-state index is 11.1. The van der Waals surface area contributed by atoms with Crippen LogP contribution in [0.5, 0.6) is 0 Å². The third kappa shape index (κ3) is 1.69. The van der Waals surface area contributed by atoms with E-state index in [0.717, 1.165) is 18.5 Å². The molecule has 1 aliphatic heterocycles. The van der Waals surface area contributed by atoms with Crippen molar-refractivity contribution < 1.29 is 4.79 Å². The Labute approximate surface area is 67.9 Å². The zero-order valence-electron chi connectivity index (χ0n) is 7.42. The average molecular weight is 153 g/mol. The molecule has 0 fully saturated rings. The fourth-order valence-corrected chi connectivity index (χ4v) is 1.46. The highest BCUT2D eigenvalue weighted by Gasteiger charge is 2.20. The molecule has 0 aromatic heterocycles. The van der Waals surface area contributed by atoms with Gasteiger partial charge in [0.2, 0.25) is 0 Å². The first-order chi connectivity index (χ1) is 5.13. The molecule has 11 heavy (non-hydrogen) atoms. The van der Waals surface area contributed by atoms with Crippen LogP contribution in [-0.2, 0) is 4.79 Å². The molecule has 0 N–H and O–H groups in total. The van der Waals surface area contributed by atoms with Gasteiger partial charge in [0, 0.05) is 18.2 Å². The molecule has 0 saturated heterocycles. The molecule has 1 unspecified atom stereocenters. The van der Waals surface area contributed by atoms with Crippen LogP contribution >= 0.6 is 0 Å². The van der Waals surface area contributed by atoms with Gasteiger partial charge in [0.05, 0.1) is 0 Å². The highest BCUT2D eigenvalue weighted by Crippen LogP contribution is 2.16. The van der Waals surface area contributed by atoms with Crippen LogP contribution in [0.15, 0.2) is 11.6 Å². The second kappa shape index (κ2) is 3.18. The van der Waals surface area contributed by atoms with Crippen LogP contribution < -0.4 is 0 Å². The van der Waals surface area contributed by atoms with E-state index in [1.807, 2.05) is 0 Å². The second-order valence-corrected chi connectivity index (χ2v) is 3.16. The first-order valence-corrected chi connectivity index (χ1v) is 4.04. The zero-order valence-corrected chi connectivity index (χ0v) is 7.42. The molecule has 1 atom stereocenters. The molecule has 1 heterocycles. The Morgan fingerprint density at radius 1 is 1.73 bits per heavy atom. The summed E-state index contributed by atoms with van der Waals surface area (Å²) in [6.45, 7) is 4.78. The molecular formula is C9H15NO. The maximum absolute atomic E-state index is 11.1. The summed E-state index contributed by atoms with van der Waals surface area (Å²) in [6, 6.07) is 0.307. The van der Waals surface area contributed by atoms with E-state index in [2.05, 4.69) is 24.9 Å². The van der Waals surface area contributed by atoms with E-state index in [9.17, 15) is 4.79 Å². The van der Waals surface area contributed by atoms with Gasteiger partial charge >= 0.3 is 0 Å². The molecule has 0 saturated carbocycles. The summed E-state index contributed by atoms with van der Waals surface area (Å²) in [6.07, 6.45) is 3.07. The predicted molar refractivity (Wildman–Crippen MR) is 45.5 cm³/mol. The van der Waals surface area contributed by atoms with Crippen molar-refractivity contribution in [1.29, 1.82) is 0 Å². The highest BCUT2D eigenvalue weighted by atomic mass is 16.1. The maximum Gasteiger partial charge on any atom is 0.157 e. The van der Waals surface area contributed by atoms with Crippen LogP contribution in [0.3, 0.4) is 0 Å². The number of nitrogens with zero attached hydrogens (tertiary/aromatic N) is 1. The molecule has 0 spiro atoms. The van der Waals surface area contributed by atoms with Crippen molar-refractivity contribution in [2.24, 2.45) is 0 Å². The van der Waals surface area contributed by atoms with Gasteiger partial charge in [-0.15, -0.1) is 0 Å². The van der Waals surface area contributed by atoms with Gasteiger partial charge in [-0.3, -0.25) is 9.69 Å². The van der Waals surface area contributed by atoms with Gasteiger partial charge in [-0.2, -0.15) is 0 Å². The lowest BCUT2D eigenvalue weighted by Gasteiger charge is -2.29. The van der Waals surface area contributed by atoms with E-state index in [1.54, 1.807) is 6.92 Å². The van der Waals surface area contributed by atoms with Crippen LogP contribution in [0.25, 0.3) is 0 Å². The van der Waals surface area contributed by atoms with E-state index >= 15 is 0 Å². The molecule has 1 aliphatic rings. The van der Waals surface area contributed by atoms with Gasteiger partial charge in [-0.05, 0) is 27.3 Å². The molecule has 1 rings (SSSR count). The molecule has 0 aromatic carbocycles. The normalized spacial score (nSPS) is 26.5. The molecule has 0 aliphatic carbocycles. The summed E-state index contributed by atoms with van der Waals surface area (Å²) >= 11 is 0. The van der Waals surface area contributed by atoms with E-state index in [1.165, 1.54) is 0 Å². The van der Waals surface area contributed by atoms with Crippen LogP contribution in [0.4, 0.5) is 0 Å². The van der Waals surface area contributed by atoms with Gasteiger partial charge in [0.25, 0.3) is 0 Å². The van der Waals surface area contributed by atoms with E-state index in [4.69, 9.17) is 0 Å². The van der Waals surface area contributed by atoms with Gasteiger partial charge in [-0.25, -0.2) is 0 Å². The Morgan fingerprint density at radius 3 is 2.82 bits per heavy atom. The largest absolute Gasteiger partial charge is 0.299 e. The number of carbonyl (C=O) groups excluding carboxylic acids is 1. The highest BCUT2D eigenvalue weighted by molar-refractivity contribution is 5.94. The molecule has 0 radical (unpaired) electrons. The van der Waals surface area contributed by atoms with Crippen molar-refractivity contribution in [3.8, 4) is 0 Å². The van der Waals surface area contributed by atoms with Gasteiger partial charge in [0.15, 0.2) is 5.78 Å². The SMILES string of the molecule is CC(=O)C1=CCCN(C)C1C. The minimum Gasteiger partial charge on any atom is -0.299 e. The molecule has 2 heteroatoms. The lowest BCUT2D eigenvalue weighted by atomic mass is 9.99. The number of ketones is 1. The van der Waals surface area contributed by atoms with Gasteiger partial charge in [0.1, 0.15) is 0 Å². The van der Waals surface area contributed by atoms with Gasteiger partial charge < -0.3 is 0 Å². The zero-order chi connectivity index (χ0) is 8.43. The van der Waals surface area contributed by atoms with Crippen LogP contribution in [0, 0.1) is 0 Å². The van der Waals surface area contributed by atoms with E-state index < -0.39 is 0 Å². The fourth-order valence-electron chi connectivity index (χ4n) is 1.46. The van der Waals surface area contributed by atoms with Gasteiger partial charge in [-0.1, -0.05) is 6.08 Å². The quantitative estimate of drug-likeness (QED) is 0.564. The predicted octanol–water partition coefficient (Wildman–Crippen LogP) is 1.23. The Balaban J connectivity index is 2.78. The number of carbonyl (C=O) groups is 1. The van der Waals surface area contributed by atoms with Crippen molar-refractivity contribution in [1.82, 2.24) is 4.90 Å². The number of Topliss-reactive ketones (excluding diaryl/α,β-unsaturated/α-hetero) is 1. The van der Waals surface area contributed by atoms with Crippen molar-refractivity contribution in [2.75, 3.05) is 13.6 Å². The fraction of sp³-hybridized carbons (Fsp3) is 0.667. The lowest BCUT2D eigenvalue weighted by Crippen LogP contribution is -2.36. The number of rotatable bonds is 1. The Bertz CT molecular complexity index is 196. The molecule has 0 amide bonds. The molecule has 0 bridgehead atoms. The topological polar surface area (TPSA) is 20.3 Å². The van der Waals surface area contributed by atoms with Crippen molar-refractivity contribution in [2.45, 2.75) is 26.3 Å². The van der Waals surface area contributed by atoms with Crippen LogP contribution in [-0.4, -0.2) is 30.3 Å². The lowest BCUT2D eigenvalue weighted by molar-refractivity contribution is -0.114. The summed E-state index contributed by atoms with van der Waals surface area (Å²) in [4.78, 5) is 13.3. The van der Waals surface area contributed by atoms with E-state index in [0.29, 0.717) is 6.04 Å². The Morgan fingerprint density at radius 2 is 2.36 bits per heavy atom. The second-order valence-electron chi connectivity index (χ2n) is 3.16. The van der Waals surface area contributed by atoms with Crippen molar-refractivity contribution in [3.05, 3.63) is 11.6 Å². The summed E-state index contributed by atoms with van der Waals surface area (Å²) in [5.74, 6) is 0.212. The minimum atomic E-state index is 0.212. The first-order valence-electron chi connectivity index (χ1n) is 4.04. The van der Waals surface area contributed by atoms with Crippen LogP contribution in [0.2, 0.25) is 0 Å². The summed E-state index contributed by atoms with van der Waals surface area (Å²) in [5.41, 5.74) is 0.971. The monoisotopic (exact) mass is 153 g/mol. The third-order valence-electron chi connectivity index (χ3n) is 2.36. The Kier molecular flexibility index (Phi) is 2.45. The number of hydrogen-bond acceptors (Lipinski definition) is 2. The summed E-state index contributed by atoms with van der Waals surface area (Å²) in [7, 11) is 2.06.